The number of benzene rings is 1. The Morgan fingerprint density at radius 2 is 1.79 bits per heavy atom. The van der Waals surface area contributed by atoms with Crippen LogP contribution in [0.25, 0.3) is 10.9 Å². The van der Waals surface area contributed by atoms with Crippen molar-refractivity contribution < 1.29 is 14.3 Å². The zero-order valence-corrected chi connectivity index (χ0v) is 18.4. The molecule has 1 amide bonds. The maximum Gasteiger partial charge on any atom is 0.244 e. The molecule has 0 fully saturated rings. The van der Waals surface area contributed by atoms with Crippen LogP contribution in [0.2, 0.25) is 0 Å². The number of ether oxygens (including phenoxy) is 1. The minimum atomic E-state index is -0.558. The van der Waals surface area contributed by atoms with Crippen molar-refractivity contribution >= 4 is 22.6 Å². The number of rotatable bonds is 6. The van der Waals surface area contributed by atoms with Crippen LogP contribution >= 0.6 is 0 Å². The van der Waals surface area contributed by atoms with Crippen molar-refractivity contribution in [3.63, 3.8) is 0 Å². The molecular weight excluding hydrogens is 354 g/mol. The fourth-order valence-corrected chi connectivity index (χ4v) is 3.10. The minimum absolute atomic E-state index is 0.00837. The zero-order valence-electron chi connectivity index (χ0n) is 18.4. The van der Waals surface area contributed by atoms with Crippen LogP contribution in [0.3, 0.4) is 0 Å². The van der Waals surface area contributed by atoms with E-state index in [1.54, 1.807) is 11.8 Å². The van der Waals surface area contributed by atoms with Gasteiger partial charge in [0.05, 0.1) is 12.6 Å². The Balaban J connectivity index is 2.48. The molecule has 0 aliphatic heterocycles. The first-order valence-corrected chi connectivity index (χ1v) is 9.74. The van der Waals surface area contributed by atoms with Crippen LogP contribution in [0.5, 0.6) is 5.75 Å². The molecule has 1 aromatic heterocycles. The van der Waals surface area contributed by atoms with Gasteiger partial charge in [-0.2, -0.15) is 5.10 Å². The van der Waals surface area contributed by atoms with E-state index in [1.165, 1.54) is 0 Å². The molecule has 6 nitrogen and oxygen atoms in total. The number of nitrogens with zero attached hydrogens (tertiary/aromatic N) is 3. The van der Waals surface area contributed by atoms with Crippen LogP contribution in [-0.4, -0.2) is 46.6 Å². The summed E-state index contributed by atoms with van der Waals surface area (Å²) >= 11 is 0. The Morgan fingerprint density at radius 1 is 1.14 bits per heavy atom. The van der Waals surface area contributed by atoms with E-state index in [0.717, 1.165) is 10.9 Å². The van der Waals surface area contributed by atoms with E-state index in [4.69, 9.17) is 4.74 Å². The van der Waals surface area contributed by atoms with Crippen LogP contribution in [-0.2, 0) is 11.3 Å². The first kappa shape index (κ1) is 21.9. The van der Waals surface area contributed by atoms with Crippen molar-refractivity contribution in [1.29, 1.82) is 0 Å². The molecule has 0 saturated carbocycles. The molecular formula is C22H33N3O3. The molecule has 0 saturated heterocycles. The monoisotopic (exact) mass is 387 g/mol. The summed E-state index contributed by atoms with van der Waals surface area (Å²) in [6.45, 7) is 15.3. The molecule has 0 aliphatic rings. The quantitative estimate of drug-likeness (QED) is 0.698. The molecule has 1 heterocycles. The van der Waals surface area contributed by atoms with Gasteiger partial charge in [-0.25, -0.2) is 0 Å². The highest BCUT2D eigenvalue weighted by Crippen LogP contribution is 2.29. The maximum atomic E-state index is 12.9. The lowest BCUT2D eigenvalue weighted by Gasteiger charge is -2.29. The average Bonchev–Trinajstić information content (AvgIpc) is 2.94. The van der Waals surface area contributed by atoms with E-state index < -0.39 is 5.41 Å². The normalized spacial score (nSPS) is 12.3. The van der Waals surface area contributed by atoms with E-state index in [2.05, 4.69) is 25.9 Å². The number of Topliss-reactive ketones (excluding diaryl/α,β-unsaturated/α-hetero) is 1. The Morgan fingerprint density at radius 3 is 2.29 bits per heavy atom. The summed E-state index contributed by atoms with van der Waals surface area (Å²) < 4.78 is 6.96. The van der Waals surface area contributed by atoms with E-state index >= 15 is 0 Å². The molecule has 2 aromatic rings. The van der Waals surface area contributed by atoms with Crippen molar-refractivity contribution in [2.45, 2.75) is 55.0 Å². The maximum absolute atomic E-state index is 12.9. The van der Waals surface area contributed by atoms with Gasteiger partial charge in [0.25, 0.3) is 0 Å². The Hall–Kier alpha value is -2.37. The minimum Gasteiger partial charge on any atom is -0.497 e. The van der Waals surface area contributed by atoms with Crippen molar-refractivity contribution in [1.82, 2.24) is 14.7 Å². The summed E-state index contributed by atoms with van der Waals surface area (Å²) in [6, 6.07) is 5.48. The third-order valence-corrected chi connectivity index (χ3v) is 4.54. The van der Waals surface area contributed by atoms with Gasteiger partial charge in [-0.15, -0.1) is 0 Å². The lowest BCUT2D eigenvalue weighted by molar-refractivity contribution is -0.133. The van der Waals surface area contributed by atoms with Crippen LogP contribution in [0.4, 0.5) is 0 Å². The van der Waals surface area contributed by atoms with Gasteiger partial charge in [-0.05, 0) is 24.5 Å². The third-order valence-electron chi connectivity index (χ3n) is 4.54. The van der Waals surface area contributed by atoms with Crippen LogP contribution in [0, 0.1) is 10.8 Å². The number of fused-ring (bicyclic) bond motifs is 1. The Labute approximate surface area is 167 Å². The fraction of sp³-hybridized carbons (Fsp3) is 0.591. The molecule has 1 aromatic carbocycles. The smallest absolute Gasteiger partial charge is 0.244 e. The molecule has 0 spiro atoms. The van der Waals surface area contributed by atoms with Crippen molar-refractivity contribution in [2.24, 2.45) is 10.8 Å². The number of carbonyl (C=O) groups is 2. The second kappa shape index (κ2) is 7.94. The Kier molecular flexibility index (Phi) is 6.21. The number of hydrogen-bond donors (Lipinski definition) is 0. The number of aromatic nitrogens is 2. The van der Waals surface area contributed by atoms with Gasteiger partial charge in [0.15, 0.2) is 5.78 Å². The molecule has 2 rings (SSSR count). The standard InChI is InChI=1S/C22H33N3O3/c1-9-24(14-21(2,3)4)18(26)13-25-17-12-15(28-8)10-11-16(17)19(23-25)20(27)22(5,6)7/h10-12H,9,13-14H2,1-8H3. The lowest BCUT2D eigenvalue weighted by atomic mass is 9.88. The van der Waals surface area contributed by atoms with Gasteiger partial charge in [-0.1, -0.05) is 41.5 Å². The first-order chi connectivity index (χ1) is 12.9. The zero-order chi connectivity index (χ0) is 21.3. The molecule has 154 valence electrons. The Bertz CT molecular complexity index is 870. The molecule has 0 N–H and O–H groups in total. The van der Waals surface area contributed by atoms with E-state index in [0.29, 0.717) is 24.5 Å². The summed E-state index contributed by atoms with van der Waals surface area (Å²) in [6.07, 6.45) is 0. The SMILES string of the molecule is CCN(CC(C)(C)C)C(=O)Cn1nc(C(=O)C(C)(C)C)c2ccc(OC)cc21. The summed E-state index contributed by atoms with van der Waals surface area (Å²) in [4.78, 5) is 27.7. The number of ketones is 1. The lowest BCUT2D eigenvalue weighted by Crippen LogP contribution is -2.39. The number of hydrogen-bond acceptors (Lipinski definition) is 4. The molecule has 28 heavy (non-hydrogen) atoms. The average molecular weight is 388 g/mol. The second-order valence-corrected chi connectivity index (χ2v) is 9.44. The van der Waals surface area contributed by atoms with Crippen molar-refractivity contribution in [2.75, 3.05) is 20.2 Å². The highest BCUT2D eigenvalue weighted by molar-refractivity contribution is 6.08. The van der Waals surface area contributed by atoms with Gasteiger partial charge in [0.2, 0.25) is 5.91 Å². The molecule has 0 unspecified atom stereocenters. The summed E-state index contributed by atoms with van der Waals surface area (Å²) in [7, 11) is 1.59. The summed E-state index contributed by atoms with van der Waals surface area (Å²) in [5, 5.41) is 5.29. The van der Waals surface area contributed by atoms with Crippen LogP contribution in [0.15, 0.2) is 18.2 Å². The first-order valence-electron chi connectivity index (χ1n) is 9.74. The molecule has 0 atom stereocenters. The molecule has 0 aliphatic carbocycles. The van der Waals surface area contributed by atoms with Gasteiger partial charge < -0.3 is 9.64 Å². The van der Waals surface area contributed by atoms with Crippen LogP contribution < -0.4 is 4.74 Å². The van der Waals surface area contributed by atoms with E-state index in [-0.39, 0.29) is 23.7 Å². The highest BCUT2D eigenvalue weighted by Gasteiger charge is 2.29. The van der Waals surface area contributed by atoms with Gasteiger partial charge in [0.1, 0.15) is 18.0 Å². The van der Waals surface area contributed by atoms with Gasteiger partial charge in [-0.3, -0.25) is 14.3 Å². The second-order valence-electron chi connectivity index (χ2n) is 9.44. The number of carbonyl (C=O) groups excluding carboxylic acids is 2. The highest BCUT2D eigenvalue weighted by atomic mass is 16.5. The molecule has 0 radical (unpaired) electrons. The van der Waals surface area contributed by atoms with E-state index in [1.807, 2.05) is 50.8 Å². The number of likely N-dealkylation sites (N-methyl/N-ethyl adjacent to an activating group) is 1. The van der Waals surface area contributed by atoms with Gasteiger partial charge in [0, 0.05) is 30.0 Å². The summed E-state index contributed by atoms with van der Waals surface area (Å²) in [5.74, 6) is 0.605. The predicted molar refractivity (Wildman–Crippen MR) is 112 cm³/mol. The fourth-order valence-electron chi connectivity index (χ4n) is 3.10. The van der Waals surface area contributed by atoms with Crippen molar-refractivity contribution in [3.8, 4) is 5.75 Å². The van der Waals surface area contributed by atoms with Crippen LogP contribution in [0.1, 0.15) is 59.0 Å². The van der Waals surface area contributed by atoms with Crippen molar-refractivity contribution in [3.05, 3.63) is 23.9 Å². The number of methoxy groups -OCH3 is 1. The molecule has 6 heteroatoms. The number of amides is 1. The topological polar surface area (TPSA) is 64.4 Å². The largest absolute Gasteiger partial charge is 0.497 e. The molecule has 0 bridgehead atoms. The van der Waals surface area contributed by atoms with Gasteiger partial charge >= 0.3 is 0 Å². The third kappa shape index (κ3) is 4.91. The summed E-state index contributed by atoms with van der Waals surface area (Å²) in [5.41, 5.74) is 0.579. The predicted octanol–water partition coefficient (Wildman–Crippen LogP) is 4.17. The van der Waals surface area contributed by atoms with E-state index in [9.17, 15) is 9.59 Å².